The number of hydrogen-bond donors (Lipinski definition) is 1. The number of carbonyl (C=O) groups excluding carboxylic acids is 1. The van der Waals surface area contributed by atoms with Crippen molar-refractivity contribution in [1.82, 2.24) is 0 Å². The van der Waals surface area contributed by atoms with E-state index in [0.717, 1.165) is 17.4 Å². The van der Waals surface area contributed by atoms with Crippen molar-refractivity contribution in [3.8, 4) is 5.75 Å². The zero-order valence-electron chi connectivity index (χ0n) is 7.38. The molecule has 2 nitrogen and oxygen atoms in total. The van der Waals surface area contributed by atoms with Crippen LogP contribution in [0, 0.1) is 6.92 Å². The molecule has 0 saturated heterocycles. The van der Waals surface area contributed by atoms with E-state index in [4.69, 9.17) is 11.6 Å². The molecule has 0 spiro atoms. The quantitative estimate of drug-likeness (QED) is 0.758. The molecule has 0 aliphatic carbocycles. The number of halogens is 1. The maximum Gasteiger partial charge on any atom is 0.120 e. The van der Waals surface area contributed by atoms with Gasteiger partial charge >= 0.3 is 0 Å². The number of phenolic OH excluding ortho intramolecular Hbond substituents is 1. The Balaban J connectivity index is 3.02. The van der Waals surface area contributed by atoms with E-state index in [0.29, 0.717) is 17.9 Å². The summed E-state index contributed by atoms with van der Waals surface area (Å²) in [5, 5.41) is 10.1. The van der Waals surface area contributed by atoms with Crippen LogP contribution in [0.25, 0.3) is 0 Å². The Kier molecular flexibility index (Phi) is 3.32. The van der Waals surface area contributed by atoms with Crippen molar-refractivity contribution in [3.05, 3.63) is 28.3 Å². The Morgan fingerprint density at radius 1 is 1.54 bits per heavy atom. The lowest BCUT2D eigenvalue weighted by atomic mass is 10.0. The number of aromatic hydroxyl groups is 1. The van der Waals surface area contributed by atoms with Crippen molar-refractivity contribution < 1.29 is 9.90 Å². The van der Waals surface area contributed by atoms with Crippen LogP contribution < -0.4 is 0 Å². The second-order valence-corrected chi connectivity index (χ2v) is 3.28. The Morgan fingerprint density at radius 3 is 2.85 bits per heavy atom. The predicted octanol–water partition coefficient (Wildman–Crippen LogP) is 2.49. The fourth-order valence-electron chi connectivity index (χ4n) is 1.23. The Hall–Kier alpha value is -1.02. The van der Waals surface area contributed by atoms with Crippen LogP contribution in [-0.2, 0) is 11.2 Å². The van der Waals surface area contributed by atoms with Crippen LogP contribution in [0.2, 0.25) is 5.02 Å². The van der Waals surface area contributed by atoms with Crippen molar-refractivity contribution in [2.45, 2.75) is 19.8 Å². The van der Waals surface area contributed by atoms with Gasteiger partial charge in [-0.2, -0.15) is 0 Å². The van der Waals surface area contributed by atoms with Gasteiger partial charge in [0.15, 0.2) is 0 Å². The molecule has 70 valence electrons. The average molecular weight is 199 g/mol. The molecule has 13 heavy (non-hydrogen) atoms. The van der Waals surface area contributed by atoms with Gasteiger partial charge in [0.05, 0.1) is 0 Å². The van der Waals surface area contributed by atoms with Crippen LogP contribution >= 0.6 is 11.6 Å². The van der Waals surface area contributed by atoms with Gasteiger partial charge in [-0.3, -0.25) is 0 Å². The molecule has 0 aliphatic rings. The Labute approximate surface area is 82.2 Å². The molecule has 1 aromatic carbocycles. The molecule has 1 N–H and O–H groups in total. The fourth-order valence-corrected chi connectivity index (χ4v) is 1.41. The topological polar surface area (TPSA) is 37.3 Å². The van der Waals surface area contributed by atoms with Crippen molar-refractivity contribution >= 4 is 17.9 Å². The van der Waals surface area contributed by atoms with Crippen molar-refractivity contribution in [2.75, 3.05) is 0 Å². The van der Waals surface area contributed by atoms with Crippen LogP contribution in [0.4, 0.5) is 0 Å². The smallest absolute Gasteiger partial charge is 0.120 e. The Morgan fingerprint density at radius 2 is 2.23 bits per heavy atom. The summed E-state index contributed by atoms with van der Waals surface area (Å²) in [5.41, 5.74) is 1.61. The van der Waals surface area contributed by atoms with Gasteiger partial charge in [-0.05, 0) is 36.6 Å². The first-order valence-corrected chi connectivity index (χ1v) is 4.45. The van der Waals surface area contributed by atoms with E-state index in [2.05, 4.69) is 0 Å². The summed E-state index contributed by atoms with van der Waals surface area (Å²) in [6.07, 6.45) is 1.79. The van der Waals surface area contributed by atoms with Crippen LogP contribution in [0.5, 0.6) is 5.75 Å². The van der Waals surface area contributed by atoms with E-state index in [1.165, 1.54) is 0 Å². The highest BCUT2D eigenvalue weighted by Gasteiger charge is 2.07. The number of hydrogen-bond acceptors (Lipinski definition) is 2. The summed E-state index contributed by atoms with van der Waals surface area (Å²) in [5.74, 6) is 0.212. The first-order valence-electron chi connectivity index (χ1n) is 4.07. The summed E-state index contributed by atoms with van der Waals surface area (Å²) in [6.45, 7) is 1.84. The highest BCUT2D eigenvalue weighted by atomic mass is 35.5. The Bertz CT molecular complexity index is 321. The molecule has 0 atom stereocenters. The zero-order valence-corrected chi connectivity index (χ0v) is 8.14. The number of benzene rings is 1. The molecule has 0 aromatic heterocycles. The molecule has 0 saturated carbocycles. The number of rotatable bonds is 3. The van der Waals surface area contributed by atoms with Gasteiger partial charge in [-0.25, -0.2) is 0 Å². The van der Waals surface area contributed by atoms with Gasteiger partial charge < -0.3 is 9.90 Å². The minimum atomic E-state index is 0.212. The first-order chi connectivity index (χ1) is 6.16. The van der Waals surface area contributed by atoms with Gasteiger partial charge in [0, 0.05) is 11.4 Å². The summed E-state index contributed by atoms with van der Waals surface area (Å²) in [4.78, 5) is 10.2. The van der Waals surface area contributed by atoms with Crippen LogP contribution in [0.1, 0.15) is 17.5 Å². The third kappa shape index (κ3) is 2.22. The van der Waals surface area contributed by atoms with Crippen LogP contribution in [0.3, 0.4) is 0 Å². The van der Waals surface area contributed by atoms with Crippen molar-refractivity contribution in [1.29, 1.82) is 0 Å². The van der Waals surface area contributed by atoms with E-state index < -0.39 is 0 Å². The summed E-state index contributed by atoms with van der Waals surface area (Å²) >= 11 is 5.87. The van der Waals surface area contributed by atoms with Gasteiger partial charge in [0.1, 0.15) is 12.0 Å². The van der Waals surface area contributed by atoms with Crippen molar-refractivity contribution in [2.24, 2.45) is 0 Å². The summed E-state index contributed by atoms with van der Waals surface area (Å²) < 4.78 is 0. The molecule has 1 aromatic rings. The third-order valence-corrected chi connectivity index (χ3v) is 2.43. The number of carbonyl (C=O) groups is 1. The zero-order chi connectivity index (χ0) is 9.84. The van der Waals surface area contributed by atoms with E-state index in [1.54, 1.807) is 12.1 Å². The minimum Gasteiger partial charge on any atom is -0.508 e. The minimum absolute atomic E-state index is 0.212. The molecule has 0 aliphatic heterocycles. The normalized spacial score (nSPS) is 10.0. The maximum atomic E-state index is 10.2. The van der Waals surface area contributed by atoms with Crippen LogP contribution in [0.15, 0.2) is 12.1 Å². The lowest BCUT2D eigenvalue weighted by molar-refractivity contribution is -0.107. The maximum absolute atomic E-state index is 10.2. The number of phenols is 1. The first kappa shape index (κ1) is 10.1. The fraction of sp³-hybridized carbons (Fsp3) is 0.300. The molecule has 0 amide bonds. The van der Waals surface area contributed by atoms with E-state index >= 15 is 0 Å². The van der Waals surface area contributed by atoms with E-state index in [-0.39, 0.29) is 5.75 Å². The van der Waals surface area contributed by atoms with Gasteiger partial charge in [0.25, 0.3) is 0 Å². The van der Waals surface area contributed by atoms with Gasteiger partial charge in [-0.1, -0.05) is 11.6 Å². The lowest BCUT2D eigenvalue weighted by Crippen LogP contribution is -1.92. The molecule has 0 heterocycles. The van der Waals surface area contributed by atoms with Crippen molar-refractivity contribution in [3.63, 3.8) is 0 Å². The van der Waals surface area contributed by atoms with E-state index in [1.807, 2.05) is 6.92 Å². The van der Waals surface area contributed by atoms with Crippen LogP contribution in [-0.4, -0.2) is 11.4 Å². The monoisotopic (exact) mass is 198 g/mol. The second-order valence-electron chi connectivity index (χ2n) is 2.88. The van der Waals surface area contributed by atoms with Gasteiger partial charge in [-0.15, -0.1) is 0 Å². The standard InChI is InChI=1S/C10H11ClO2/c1-7-8(3-2-6-12)10(13)5-4-9(7)11/h4-6,13H,2-3H2,1H3. The molecular formula is C10H11ClO2. The third-order valence-electron chi connectivity index (χ3n) is 2.02. The SMILES string of the molecule is Cc1c(Cl)ccc(O)c1CCC=O. The summed E-state index contributed by atoms with van der Waals surface area (Å²) in [7, 11) is 0. The molecule has 0 unspecified atom stereocenters. The molecule has 0 fully saturated rings. The summed E-state index contributed by atoms with van der Waals surface area (Å²) in [6, 6.07) is 3.20. The highest BCUT2D eigenvalue weighted by molar-refractivity contribution is 6.31. The predicted molar refractivity (Wildman–Crippen MR) is 52.2 cm³/mol. The molecule has 1 rings (SSSR count). The lowest BCUT2D eigenvalue weighted by Gasteiger charge is -2.07. The largest absolute Gasteiger partial charge is 0.508 e. The average Bonchev–Trinajstić information content (AvgIpc) is 2.12. The molecule has 0 radical (unpaired) electrons. The molecular weight excluding hydrogens is 188 g/mol. The molecule has 3 heteroatoms. The number of aldehydes is 1. The highest BCUT2D eigenvalue weighted by Crippen LogP contribution is 2.27. The van der Waals surface area contributed by atoms with E-state index in [9.17, 15) is 9.90 Å². The second kappa shape index (κ2) is 4.28. The van der Waals surface area contributed by atoms with Gasteiger partial charge in [0.2, 0.25) is 0 Å². The molecule has 0 bridgehead atoms.